The van der Waals surface area contributed by atoms with Gasteiger partial charge in [0.05, 0.1) is 0 Å². The molecular formula is C24H27N3OS. The SMILES string of the molecule is Cc1cc(-n2nc3ccc(SCC4C=CC=CC4)cc3n2)c(O)c(C(C)(C)C)c1. The lowest BCUT2D eigenvalue weighted by Crippen LogP contribution is -2.13. The molecule has 1 atom stereocenters. The molecule has 4 rings (SSSR count). The lowest BCUT2D eigenvalue weighted by molar-refractivity contribution is 0.440. The Morgan fingerprint density at radius 3 is 2.62 bits per heavy atom. The van der Waals surface area contributed by atoms with E-state index in [2.05, 4.69) is 67.4 Å². The Morgan fingerprint density at radius 2 is 1.90 bits per heavy atom. The van der Waals surface area contributed by atoms with Crippen molar-refractivity contribution in [2.75, 3.05) is 5.75 Å². The van der Waals surface area contributed by atoms with Crippen LogP contribution in [0.2, 0.25) is 0 Å². The average Bonchev–Trinajstić information content (AvgIpc) is 3.11. The quantitative estimate of drug-likeness (QED) is 0.544. The molecule has 1 aromatic heterocycles. The normalized spacial score (nSPS) is 16.6. The van der Waals surface area contributed by atoms with Crippen molar-refractivity contribution in [3.05, 3.63) is 65.8 Å². The Balaban J connectivity index is 1.63. The van der Waals surface area contributed by atoms with E-state index in [0.717, 1.165) is 34.3 Å². The molecule has 1 aliphatic carbocycles. The molecule has 0 amide bonds. The fourth-order valence-electron chi connectivity index (χ4n) is 3.53. The fraction of sp³-hybridized carbons (Fsp3) is 0.333. The number of rotatable bonds is 4. The predicted octanol–water partition coefficient (Wildman–Crippen LogP) is 5.96. The minimum Gasteiger partial charge on any atom is -0.505 e. The summed E-state index contributed by atoms with van der Waals surface area (Å²) < 4.78 is 0. The van der Waals surface area contributed by atoms with Gasteiger partial charge in [0.2, 0.25) is 0 Å². The summed E-state index contributed by atoms with van der Waals surface area (Å²) in [5.74, 6) is 1.88. The number of benzene rings is 2. The summed E-state index contributed by atoms with van der Waals surface area (Å²) in [5.41, 5.74) is 4.11. The number of hydrogen-bond acceptors (Lipinski definition) is 4. The maximum Gasteiger partial charge on any atom is 0.146 e. The van der Waals surface area contributed by atoms with Gasteiger partial charge >= 0.3 is 0 Å². The van der Waals surface area contributed by atoms with Gasteiger partial charge in [-0.1, -0.05) is 51.1 Å². The number of thioether (sulfide) groups is 1. The van der Waals surface area contributed by atoms with Gasteiger partial charge in [-0.15, -0.1) is 26.8 Å². The number of phenols is 1. The van der Waals surface area contributed by atoms with Crippen molar-refractivity contribution < 1.29 is 5.11 Å². The van der Waals surface area contributed by atoms with Gasteiger partial charge in [0, 0.05) is 16.2 Å². The van der Waals surface area contributed by atoms with Crippen LogP contribution in [0.5, 0.6) is 5.75 Å². The number of hydrogen-bond donors (Lipinski definition) is 1. The van der Waals surface area contributed by atoms with Crippen molar-refractivity contribution in [3.8, 4) is 11.4 Å². The topological polar surface area (TPSA) is 50.9 Å². The van der Waals surface area contributed by atoms with Crippen LogP contribution < -0.4 is 0 Å². The molecule has 0 spiro atoms. The minimum absolute atomic E-state index is 0.163. The van der Waals surface area contributed by atoms with Crippen LogP contribution in [-0.2, 0) is 5.41 Å². The molecule has 2 aromatic carbocycles. The molecule has 0 saturated carbocycles. The first kappa shape index (κ1) is 19.8. The Bertz CT molecular complexity index is 1110. The second-order valence-electron chi connectivity index (χ2n) is 8.69. The van der Waals surface area contributed by atoms with Gasteiger partial charge in [0.15, 0.2) is 0 Å². The number of phenolic OH excluding ortho intramolecular Hbond substituents is 1. The molecule has 0 saturated heterocycles. The summed E-state index contributed by atoms with van der Waals surface area (Å²) in [6.45, 7) is 8.32. The molecular weight excluding hydrogens is 378 g/mol. The van der Waals surface area contributed by atoms with Crippen molar-refractivity contribution in [1.82, 2.24) is 15.0 Å². The molecule has 1 N–H and O–H groups in total. The highest BCUT2D eigenvalue weighted by Gasteiger charge is 2.22. The van der Waals surface area contributed by atoms with E-state index in [9.17, 15) is 5.11 Å². The van der Waals surface area contributed by atoms with Crippen molar-refractivity contribution in [1.29, 1.82) is 0 Å². The lowest BCUT2D eigenvalue weighted by atomic mass is 9.85. The number of aromatic hydroxyl groups is 1. The highest BCUT2D eigenvalue weighted by molar-refractivity contribution is 7.99. The average molecular weight is 406 g/mol. The van der Waals surface area contributed by atoms with Crippen LogP contribution in [0.4, 0.5) is 0 Å². The van der Waals surface area contributed by atoms with E-state index in [1.54, 1.807) is 4.80 Å². The number of aryl methyl sites for hydroxylation is 1. The summed E-state index contributed by atoms with van der Waals surface area (Å²) in [6.07, 6.45) is 9.83. The molecule has 150 valence electrons. The monoisotopic (exact) mass is 405 g/mol. The third-order valence-electron chi connectivity index (χ3n) is 5.14. The number of nitrogens with zero attached hydrogens (tertiary/aromatic N) is 3. The van der Waals surface area contributed by atoms with E-state index in [1.807, 2.05) is 36.9 Å². The highest BCUT2D eigenvalue weighted by atomic mass is 32.2. The Hall–Kier alpha value is -2.53. The van der Waals surface area contributed by atoms with E-state index in [4.69, 9.17) is 0 Å². The second kappa shape index (κ2) is 7.71. The summed E-state index contributed by atoms with van der Waals surface area (Å²) >= 11 is 1.85. The molecule has 1 heterocycles. The molecule has 5 heteroatoms. The summed E-state index contributed by atoms with van der Waals surface area (Å²) in [4.78, 5) is 2.75. The van der Waals surface area contributed by atoms with Crippen molar-refractivity contribution >= 4 is 22.8 Å². The molecule has 3 aromatic rings. The van der Waals surface area contributed by atoms with Crippen LogP contribution in [0, 0.1) is 12.8 Å². The largest absolute Gasteiger partial charge is 0.505 e. The van der Waals surface area contributed by atoms with Crippen LogP contribution in [0.25, 0.3) is 16.7 Å². The van der Waals surface area contributed by atoms with Gasteiger partial charge < -0.3 is 5.11 Å². The molecule has 0 fully saturated rings. The lowest BCUT2D eigenvalue weighted by Gasteiger charge is -2.22. The van der Waals surface area contributed by atoms with Crippen LogP contribution in [-0.4, -0.2) is 25.9 Å². The molecule has 4 nitrogen and oxygen atoms in total. The molecule has 0 bridgehead atoms. The molecule has 1 aliphatic rings. The van der Waals surface area contributed by atoms with E-state index >= 15 is 0 Å². The Morgan fingerprint density at radius 1 is 1.10 bits per heavy atom. The number of aromatic nitrogens is 3. The van der Waals surface area contributed by atoms with Gasteiger partial charge in [-0.2, -0.15) is 0 Å². The first-order chi connectivity index (χ1) is 13.8. The Kier molecular flexibility index (Phi) is 5.26. The first-order valence-electron chi connectivity index (χ1n) is 9.99. The third-order valence-corrected chi connectivity index (χ3v) is 6.32. The smallest absolute Gasteiger partial charge is 0.146 e. The van der Waals surface area contributed by atoms with Crippen LogP contribution in [0.15, 0.2) is 59.5 Å². The zero-order chi connectivity index (χ0) is 20.6. The van der Waals surface area contributed by atoms with Gasteiger partial charge in [-0.05, 0) is 54.5 Å². The molecule has 1 unspecified atom stereocenters. The van der Waals surface area contributed by atoms with E-state index < -0.39 is 0 Å². The van der Waals surface area contributed by atoms with Crippen molar-refractivity contribution in [3.63, 3.8) is 0 Å². The highest BCUT2D eigenvalue weighted by Crippen LogP contribution is 2.36. The third kappa shape index (κ3) is 4.25. The van der Waals surface area contributed by atoms with E-state index in [-0.39, 0.29) is 11.2 Å². The van der Waals surface area contributed by atoms with Crippen LogP contribution in [0.1, 0.15) is 38.3 Å². The fourth-order valence-corrected chi connectivity index (χ4v) is 4.55. The molecule has 0 radical (unpaired) electrons. The van der Waals surface area contributed by atoms with E-state index in [1.165, 1.54) is 4.90 Å². The van der Waals surface area contributed by atoms with Crippen LogP contribution in [0.3, 0.4) is 0 Å². The van der Waals surface area contributed by atoms with E-state index in [0.29, 0.717) is 11.6 Å². The van der Waals surface area contributed by atoms with Gasteiger partial charge in [-0.3, -0.25) is 0 Å². The first-order valence-corrected chi connectivity index (χ1v) is 11.0. The van der Waals surface area contributed by atoms with Crippen LogP contribution >= 0.6 is 11.8 Å². The Labute approximate surface area is 176 Å². The van der Waals surface area contributed by atoms with Gasteiger partial charge in [-0.25, -0.2) is 0 Å². The predicted molar refractivity (Wildman–Crippen MR) is 121 cm³/mol. The maximum atomic E-state index is 10.9. The second-order valence-corrected chi connectivity index (χ2v) is 9.78. The summed E-state index contributed by atoms with van der Waals surface area (Å²) in [5, 5.41) is 20.2. The molecule has 0 aliphatic heterocycles. The number of fused-ring (bicyclic) bond motifs is 1. The summed E-state index contributed by atoms with van der Waals surface area (Å²) in [6, 6.07) is 10.2. The number of allylic oxidation sites excluding steroid dienone is 4. The van der Waals surface area contributed by atoms with Gasteiger partial charge in [0.25, 0.3) is 0 Å². The molecule has 29 heavy (non-hydrogen) atoms. The standard InChI is InChI=1S/C24H27N3OS/c1-16-12-19(24(2,3)4)23(28)22(13-16)27-25-20-11-10-18(14-21(20)26-27)29-15-17-8-6-5-7-9-17/h5-8,10-14,17,28H,9,15H2,1-4H3. The van der Waals surface area contributed by atoms with Gasteiger partial charge in [0.1, 0.15) is 22.5 Å². The van der Waals surface area contributed by atoms with Crippen molar-refractivity contribution in [2.24, 2.45) is 5.92 Å². The zero-order valence-electron chi connectivity index (χ0n) is 17.4. The summed E-state index contributed by atoms with van der Waals surface area (Å²) in [7, 11) is 0. The maximum absolute atomic E-state index is 10.9. The minimum atomic E-state index is -0.163. The zero-order valence-corrected chi connectivity index (χ0v) is 18.2. The van der Waals surface area contributed by atoms with Crippen molar-refractivity contribution in [2.45, 2.75) is 44.4 Å².